The third-order valence-corrected chi connectivity index (χ3v) is 5.23. The number of benzene rings is 2. The SMILES string of the molecule is Cn1nc(C(=O)NC(C)(C)COC(=O)CCl)c2ccc(-c3coc4ccccc34)cc21. The molecule has 1 N–H and O–H groups in total. The molecule has 2 heterocycles. The number of fused-ring (bicyclic) bond motifs is 2. The number of alkyl halides is 1. The molecule has 4 aromatic rings. The summed E-state index contributed by atoms with van der Waals surface area (Å²) in [6, 6.07) is 13.7. The van der Waals surface area contributed by atoms with E-state index in [0.29, 0.717) is 5.69 Å². The minimum absolute atomic E-state index is 0.00672. The molecular weight excluding hydrogens is 418 g/mol. The Morgan fingerprint density at radius 3 is 2.74 bits per heavy atom. The summed E-state index contributed by atoms with van der Waals surface area (Å²) >= 11 is 5.45. The number of hydrogen-bond acceptors (Lipinski definition) is 5. The van der Waals surface area contributed by atoms with Crippen LogP contribution in [-0.4, -0.2) is 39.7 Å². The van der Waals surface area contributed by atoms with E-state index in [1.807, 2.05) is 42.5 Å². The Kier molecular flexibility index (Phi) is 5.45. The van der Waals surface area contributed by atoms with Gasteiger partial charge in [0, 0.05) is 23.4 Å². The Balaban J connectivity index is 1.63. The molecule has 160 valence electrons. The maximum atomic E-state index is 12.9. The van der Waals surface area contributed by atoms with Crippen molar-refractivity contribution in [3.05, 3.63) is 54.4 Å². The van der Waals surface area contributed by atoms with Crippen LogP contribution in [0.2, 0.25) is 0 Å². The Morgan fingerprint density at radius 1 is 1.19 bits per heavy atom. The first-order chi connectivity index (χ1) is 14.8. The average Bonchev–Trinajstić information content (AvgIpc) is 3.33. The van der Waals surface area contributed by atoms with Gasteiger partial charge < -0.3 is 14.5 Å². The van der Waals surface area contributed by atoms with Crippen LogP contribution in [0.1, 0.15) is 24.3 Å². The third kappa shape index (κ3) is 4.14. The fourth-order valence-electron chi connectivity index (χ4n) is 3.50. The number of para-hydroxylation sites is 1. The molecular formula is C23H22ClN3O4. The van der Waals surface area contributed by atoms with Gasteiger partial charge in [0.1, 0.15) is 18.1 Å². The molecule has 7 nitrogen and oxygen atoms in total. The Labute approximate surface area is 183 Å². The second-order valence-corrected chi connectivity index (χ2v) is 8.25. The fraction of sp³-hybridized carbons (Fsp3) is 0.261. The normalized spacial score (nSPS) is 11.7. The highest BCUT2D eigenvalue weighted by atomic mass is 35.5. The number of rotatable bonds is 6. The van der Waals surface area contributed by atoms with Crippen molar-refractivity contribution in [1.29, 1.82) is 0 Å². The van der Waals surface area contributed by atoms with E-state index >= 15 is 0 Å². The van der Waals surface area contributed by atoms with Gasteiger partial charge in [-0.05, 0) is 37.6 Å². The predicted molar refractivity (Wildman–Crippen MR) is 119 cm³/mol. The van der Waals surface area contributed by atoms with Crippen LogP contribution in [0.3, 0.4) is 0 Å². The molecule has 0 aliphatic carbocycles. The molecule has 0 aliphatic heterocycles. The van der Waals surface area contributed by atoms with Gasteiger partial charge in [-0.1, -0.05) is 24.3 Å². The standard InChI is InChI=1S/C23H22ClN3O4/c1-23(2,13-31-20(28)11-24)25-22(29)21-16-9-8-14(10-18(16)27(3)26-21)17-12-30-19-7-5-4-6-15(17)19/h4-10,12H,11,13H2,1-3H3,(H,25,29). The van der Waals surface area contributed by atoms with Crippen LogP contribution in [0.4, 0.5) is 0 Å². The molecule has 1 amide bonds. The Bertz CT molecular complexity index is 1290. The fourth-order valence-corrected chi connectivity index (χ4v) is 3.57. The van der Waals surface area contributed by atoms with E-state index in [1.165, 1.54) is 0 Å². The maximum absolute atomic E-state index is 12.9. The van der Waals surface area contributed by atoms with E-state index in [2.05, 4.69) is 10.4 Å². The van der Waals surface area contributed by atoms with Gasteiger partial charge in [0.15, 0.2) is 5.69 Å². The Hall–Kier alpha value is -3.32. The summed E-state index contributed by atoms with van der Waals surface area (Å²) in [4.78, 5) is 24.2. The maximum Gasteiger partial charge on any atom is 0.320 e. The molecule has 2 aromatic heterocycles. The molecule has 0 atom stereocenters. The summed E-state index contributed by atoms with van der Waals surface area (Å²) < 4.78 is 12.4. The molecule has 8 heteroatoms. The predicted octanol–water partition coefficient (Wildman–Crippen LogP) is 4.28. The molecule has 4 rings (SSSR count). The van der Waals surface area contributed by atoms with Gasteiger partial charge in [-0.2, -0.15) is 5.10 Å². The quantitative estimate of drug-likeness (QED) is 0.358. The number of amides is 1. The Morgan fingerprint density at radius 2 is 1.97 bits per heavy atom. The summed E-state index contributed by atoms with van der Waals surface area (Å²) in [5.41, 5.74) is 3.11. The highest BCUT2D eigenvalue weighted by Crippen LogP contribution is 2.33. The molecule has 0 saturated carbocycles. The summed E-state index contributed by atoms with van der Waals surface area (Å²) in [7, 11) is 1.80. The number of nitrogens with one attached hydrogen (secondary N) is 1. The van der Waals surface area contributed by atoms with Crippen LogP contribution in [0.25, 0.3) is 33.0 Å². The first kappa shape index (κ1) is 20.9. The lowest BCUT2D eigenvalue weighted by Crippen LogP contribution is -2.47. The number of esters is 1. The number of hydrogen-bond donors (Lipinski definition) is 1. The second kappa shape index (κ2) is 8.07. The lowest BCUT2D eigenvalue weighted by Gasteiger charge is -2.25. The minimum atomic E-state index is -0.779. The lowest BCUT2D eigenvalue weighted by atomic mass is 10.0. The van der Waals surface area contributed by atoms with Crippen LogP contribution in [-0.2, 0) is 16.6 Å². The van der Waals surface area contributed by atoms with Gasteiger partial charge in [0.2, 0.25) is 0 Å². The number of aromatic nitrogens is 2. The zero-order valence-electron chi connectivity index (χ0n) is 17.4. The van der Waals surface area contributed by atoms with Gasteiger partial charge in [-0.25, -0.2) is 0 Å². The number of ether oxygens (including phenoxy) is 1. The molecule has 0 bridgehead atoms. The molecule has 0 fully saturated rings. The summed E-state index contributed by atoms with van der Waals surface area (Å²) in [6.45, 7) is 3.53. The minimum Gasteiger partial charge on any atom is -0.464 e. The largest absolute Gasteiger partial charge is 0.464 e. The van der Waals surface area contributed by atoms with Crippen molar-refractivity contribution in [3.63, 3.8) is 0 Å². The number of furan rings is 1. The van der Waals surface area contributed by atoms with Gasteiger partial charge in [0.25, 0.3) is 5.91 Å². The van der Waals surface area contributed by atoms with Crippen LogP contribution in [0, 0.1) is 0 Å². The number of carbonyl (C=O) groups is 2. The molecule has 0 radical (unpaired) electrons. The van der Waals surface area contributed by atoms with Crippen molar-refractivity contribution < 1.29 is 18.7 Å². The van der Waals surface area contributed by atoms with Gasteiger partial charge in [0.05, 0.1) is 17.3 Å². The van der Waals surface area contributed by atoms with E-state index in [0.717, 1.165) is 33.0 Å². The summed E-state index contributed by atoms with van der Waals surface area (Å²) in [5, 5.41) is 9.05. The van der Waals surface area contributed by atoms with E-state index in [9.17, 15) is 9.59 Å². The number of carbonyl (C=O) groups excluding carboxylic acids is 2. The van der Waals surface area contributed by atoms with E-state index in [4.69, 9.17) is 20.8 Å². The van der Waals surface area contributed by atoms with Gasteiger partial charge in [-0.15, -0.1) is 11.6 Å². The zero-order valence-corrected chi connectivity index (χ0v) is 18.2. The van der Waals surface area contributed by atoms with Crippen LogP contribution in [0.5, 0.6) is 0 Å². The van der Waals surface area contributed by atoms with Crippen molar-refractivity contribution >= 4 is 45.3 Å². The lowest BCUT2D eigenvalue weighted by molar-refractivity contribution is -0.142. The van der Waals surface area contributed by atoms with Crippen LogP contribution >= 0.6 is 11.6 Å². The van der Waals surface area contributed by atoms with Crippen molar-refractivity contribution in [2.45, 2.75) is 19.4 Å². The zero-order chi connectivity index (χ0) is 22.2. The highest BCUT2D eigenvalue weighted by molar-refractivity contribution is 6.26. The molecule has 0 spiro atoms. The van der Waals surface area contributed by atoms with Crippen molar-refractivity contribution in [2.75, 3.05) is 12.5 Å². The molecule has 0 saturated heterocycles. The first-order valence-electron chi connectivity index (χ1n) is 9.76. The number of aryl methyl sites for hydroxylation is 1. The van der Waals surface area contributed by atoms with Crippen molar-refractivity contribution in [3.8, 4) is 11.1 Å². The van der Waals surface area contributed by atoms with E-state index in [1.54, 1.807) is 31.8 Å². The highest BCUT2D eigenvalue weighted by Gasteiger charge is 2.26. The molecule has 31 heavy (non-hydrogen) atoms. The van der Waals surface area contributed by atoms with Gasteiger partial charge in [-0.3, -0.25) is 14.3 Å². The molecule has 2 aromatic carbocycles. The summed E-state index contributed by atoms with van der Waals surface area (Å²) in [5.74, 6) is -1.12. The van der Waals surface area contributed by atoms with Crippen LogP contribution < -0.4 is 5.32 Å². The monoisotopic (exact) mass is 439 g/mol. The summed E-state index contributed by atoms with van der Waals surface area (Å²) in [6.07, 6.45) is 1.74. The van der Waals surface area contributed by atoms with E-state index < -0.39 is 11.5 Å². The third-order valence-electron chi connectivity index (χ3n) is 5.01. The number of nitrogens with zero attached hydrogens (tertiary/aromatic N) is 2. The number of halogens is 1. The average molecular weight is 440 g/mol. The van der Waals surface area contributed by atoms with E-state index in [-0.39, 0.29) is 18.4 Å². The van der Waals surface area contributed by atoms with Crippen LogP contribution in [0.15, 0.2) is 53.1 Å². The first-order valence-corrected chi connectivity index (χ1v) is 10.3. The van der Waals surface area contributed by atoms with Crippen molar-refractivity contribution in [1.82, 2.24) is 15.1 Å². The smallest absolute Gasteiger partial charge is 0.320 e. The topological polar surface area (TPSA) is 86.4 Å². The molecule has 0 aliphatic rings. The van der Waals surface area contributed by atoms with Crippen molar-refractivity contribution in [2.24, 2.45) is 7.05 Å². The van der Waals surface area contributed by atoms with Gasteiger partial charge >= 0.3 is 5.97 Å². The second-order valence-electron chi connectivity index (χ2n) is 7.98. The molecule has 0 unspecified atom stereocenters.